The third kappa shape index (κ3) is 21.1. The molecule has 0 saturated carbocycles. The summed E-state index contributed by atoms with van der Waals surface area (Å²) >= 11 is 0. The van der Waals surface area contributed by atoms with Crippen LogP contribution in [0.15, 0.2) is 0 Å². The Hall–Kier alpha value is -4.35. The fraction of sp³-hybridized carbons (Fsp3) is 0.720. The third-order valence-corrected chi connectivity index (χ3v) is 4.40. The van der Waals surface area contributed by atoms with Gasteiger partial charge in [0.2, 0.25) is 17.7 Å². The molecule has 43 heavy (non-hydrogen) atoms. The second kappa shape index (κ2) is 16.9. The zero-order valence-electron chi connectivity index (χ0n) is 26.1. The lowest BCUT2D eigenvalue weighted by molar-refractivity contribution is -0.131. The third-order valence-electron chi connectivity index (χ3n) is 4.40. The summed E-state index contributed by atoms with van der Waals surface area (Å²) in [5.41, 5.74) is 15.9. The van der Waals surface area contributed by atoms with Crippen LogP contribution in [0.25, 0.3) is 0 Å². The molecule has 0 aromatic carbocycles. The average Bonchev–Trinajstić information content (AvgIpc) is 2.82. The van der Waals surface area contributed by atoms with Gasteiger partial charge in [-0.05, 0) is 75.2 Å². The Morgan fingerprint density at radius 3 is 1.26 bits per heavy atom. The fourth-order valence-electron chi connectivity index (χ4n) is 2.72. The Balaban J connectivity index is 5.11. The number of hydrogen-bond donors (Lipinski definition) is 8. The highest BCUT2D eigenvalue weighted by atomic mass is 16.6. The monoisotopic (exact) mass is 618 g/mol. The van der Waals surface area contributed by atoms with Crippen molar-refractivity contribution in [1.29, 1.82) is 0 Å². The van der Waals surface area contributed by atoms with Gasteiger partial charge in [-0.15, -0.1) is 0 Å². The molecular weight excluding hydrogens is 572 g/mol. The van der Waals surface area contributed by atoms with Crippen molar-refractivity contribution in [3.63, 3.8) is 0 Å². The van der Waals surface area contributed by atoms with E-state index in [1.165, 1.54) is 0 Å². The molecule has 0 aliphatic carbocycles. The lowest BCUT2D eigenvalue weighted by Gasteiger charge is -2.23. The zero-order valence-corrected chi connectivity index (χ0v) is 26.1. The summed E-state index contributed by atoms with van der Waals surface area (Å²) in [5, 5.41) is 2.36. The highest BCUT2D eigenvalue weighted by molar-refractivity contribution is 5.91. The number of nitrogens with two attached hydrogens (primary N) is 1. The smallest absolute Gasteiger partial charge is 0.426 e. The molecule has 0 spiro atoms. The SMILES string of the molecule is CC(C)(C)OC(=O)NNC(=O)CC[C@H](NC(=O)[C@@H](N)CCC(=O)NNC(=O)OC(C)(C)C)C(=O)NNC(=O)OC(C)(C)C. The van der Waals surface area contributed by atoms with Crippen molar-refractivity contribution in [2.45, 2.75) is 117 Å². The maximum absolute atomic E-state index is 12.7. The molecule has 0 rings (SSSR count). The van der Waals surface area contributed by atoms with Crippen LogP contribution in [0.4, 0.5) is 14.4 Å². The number of carbonyl (C=O) groups excluding carboxylic acids is 7. The number of rotatable bonds is 9. The van der Waals surface area contributed by atoms with Crippen molar-refractivity contribution in [2.24, 2.45) is 5.73 Å². The Morgan fingerprint density at radius 2 is 0.884 bits per heavy atom. The number of hydrogen-bond acceptors (Lipinski definition) is 11. The summed E-state index contributed by atoms with van der Waals surface area (Å²) < 4.78 is 15.0. The van der Waals surface area contributed by atoms with Crippen LogP contribution in [0.2, 0.25) is 0 Å². The molecule has 0 bridgehead atoms. The van der Waals surface area contributed by atoms with Gasteiger partial charge in [0.05, 0.1) is 6.04 Å². The standard InChI is InChI=1S/C25H46N8O10/c1-23(2,3)41-20(38)31-28-16(34)12-10-14(26)18(36)27-15(19(37)30-33-22(40)43-25(7,8)9)11-13-17(35)29-32-21(39)42-24(4,5)6/h14-15H,10-13,26H2,1-9H3,(H,27,36)(H,28,34)(H,29,35)(H,30,37)(H,31,38)(H,32,39)(H,33,40)/t14-,15-/m0/s1. The minimum atomic E-state index is -1.39. The second-order valence-corrected chi connectivity index (χ2v) is 12.2. The van der Waals surface area contributed by atoms with Crippen LogP contribution in [0.3, 0.4) is 0 Å². The van der Waals surface area contributed by atoms with Crippen molar-refractivity contribution >= 4 is 41.9 Å². The predicted molar refractivity (Wildman–Crippen MR) is 151 cm³/mol. The molecular formula is C25H46N8O10. The van der Waals surface area contributed by atoms with E-state index < -0.39 is 70.8 Å². The lowest BCUT2D eigenvalue weighted by Crippen LogP contribution is -2.55. The molecule has 18 nitrogen and oxygen atoms in total. The molecule has 0 saturated heterocycles. The molecule has 0 heterocycles. The molecule has 0 aliphatic heterocycles. The van der Waals surface area contributed by atoms with Crippen LogP contribution in [-0.4, -0.2) is 70.8 Å². The summed E-state index contributed by atoms with van der Waals surface area (Å²) in [5.74, 6) is -3.16. The molecule has 0 aliphatic rings. The highest BCUT2D eigenvalue weighted by Gasteiger charge is 2.26. The number of amides is 7. The number of nitrogens with one attached hydrogen (secondary N) is 7. The topological polar surface area (TPSA) is 257 Å². The van der Waals surface area contributed by atoms with Gasteiger partial charge in [-0.3, -0.25) is 35.5 Å². The minimum absolute atomic E-state index is 0.182. The second-order valence-electron chi connectivity index (χ2n) is 12.2. The van der Waals surface area contributed by atoms with Crippen LogP contribution in [0, 0.1) is 0 Å². The van der Waals surface area contributed by atoms with E-state index >= 15 is 0 Å². The van der Waals surface area contributed by atoms with Gasteiger partial charge in [-0.1, -0.05) is 0 Å². The van der Waals surface area contributed by atoms with E-state index in [2.05, 4.69) is 32.4 Å². The Morgan fingerprint density at radius 1 is 0.535 bits per heavy atom. The summed E-state index contributed by atoms with van der Waals surface area (Å²) in [6, 6.07) is -2.66. The van der Waals surface area contributed by atoms with Crippen LogP contribution < -0.4 is 43.6 Å². The Bertz CT molecular complexity index is 1010. The summed E-state index contributed by atoms with van der Waals surface area (Å²) in [7, 11) is 0. The van der Waals surface area contributed by atoms with Crippen molar-refractivity contribution < 1.29 is 47.8 Å². The first kappa shape index (κ1) is 38.6. The molecule has 246 valence electrons. The van der Waals surface area contributed by atoms with Crippen LogP contribution >= 0.6 is 0 Å². The molecule has 0 fully saturated rings. The molecule has 0 aromatic heterocycles. The van der Waals surface area contributed by atoms with Gasteiger partial charge in [0, 0.05) is 12.8 Å². The number of hydrazine groups is 3. The molecule has 2 atom stereocenters. The van der Waals surface area contributed by atoms with Gasteiger partial charge >= 0.3 is 18.3 Å². The maximum atomic E-state index is 12.7. The first-order valence-corrected chi connectivity index (χ1v) is 13.4. The first-order chi connectivity index (χ1) is 19.5. The van der Waals surface area contributed by atoms with Crippen molar-refractivity contribution in [3.05, 3.63) is 0 Å². The first-order valence-electron chi connectivity index (χ1n) is 13.4. The summed E-state index contributed by atoms with van der Waals surface area (Å²) in [4.78, 5) is 84.9. The minimum Gasteiger partial charge on any atom is -0.443 e. The molecule has 0 unspecified atom stereocenters. The Kier molecular flexibility index (Phi) is 15.2. The average molecular weight is 619 g/mol. The summed E-state index contributed by atoms with van der Waals surface area (Å²) in [6.07, 6.45) is -3.90. The molecule has 9 N–H and O–H groups in total. The van der Waals surface area contributed by atoms with Crippen molar-refractivity contribution in [2.75, 3.05) is 0 Å². The molecule has 18 heteroatoms. The quantitative estimate of drug-likeness (QED) is 0.126. The molecule has 0 aromatic rings. The van der Waals surface area contributed by atoms with Gasteiger partial charge < -0.3 is 25.3 Å². The van der Waals surface area contributed by atoms with E-state index in [9.17, 15) is 33.6 Å². The summed E-state index contributed by atoms with van der Waals surface area (Å²) in [6.45, 7) is 14.6. The predicted octanol–water partition coefficient (Wildman–Crippen LogP) is 0.0266. The number of carbonyl (C=O) groups is 7. The van der Waals surface area contributed by atoms with E-state index in [0.29, 0.717) is 0 Å². The fourth-order valence-corrected chi connectivity index (χ4v) is 2.72. The van der Waals surface area contributed by atoms with Gasteiger partial charge in [-0.2, -0.15) is 0 Å². The van der Waals surface area contributed by atoms with Crippen LogP contribution in [0.1, 0.15) is 88.0 Å². The van der Waals surface area contributed by atoms with E-state index in [1.807, 2.05) is 5.43 Å². The molecule has 7 amide bonds. The van der Waals surface area contributed by atoms with E-state index in [1.54, 1.807) is 62.3 Å². The van der Waals surface area contributed by atoms with Crippen LogP contribution in [0.5, 0.6) is 0 Å². The number of ether oxygens (including phenoxy) is 3. The maximum Gasteiger partial charge on any atom is 0.426 e. The highest BCUT2D eigenvalue weighted by Crippen LogP contribution is 2.08. The molecule has 0 radical (unpaired) electrons. The largest absolute Gasteiger partial charge is 0.443 e. The van der Waals surface area contributed by atoms with E-state index in [4.69, 9.17) is 19.9 Å². The van der Waals surface area contributed by atoms with Crippen molar-refractivity contribution in [3.8, 4) is 0 Å². The normalized spacial score (nSPS) is 12.8. The van der Waals surface area contributed by atoms with E-state index in [0.717, 1.165) is 0 Å². The Labute approximate surface area is 250 Å². The van der Waals surface area contributed by atoms with Crippen LogP contribution in [-0.2, 0) is 33.4 Å². The van der Waals surface area contributed by atoms with Gasteiger partial charge in [0.1, 0.15) is 22.8 Å². The zero-order chi connectivity index (χ0) is 33.6. The lowest BCUT2D eigenvalue weighted by atomic mass is 10.1. The van der Waals surface area contributed by atoms with Gasteiger partial charge in [0.25, 0.3) is 5.91 Å². The van der Waals surface area contributed by atoms with Gasteiger partial charge in [-0.25, -0.2) is 30.7 Å². The van der Waals surface area contributed by atoms with Gasteiger partial charge in [0.15, 0.2) is 0 Å². The van der Waals surface area contributed by atoms with E-state index in [-0.39, 0.29) is 25.7 Å². The van der Waals surface area contributed by atoms with Crippen molar-refractivity contribution in [1.82, 2.24) is 37.9 Å².